The summed E-state index contributed by atoms with van der Waals surface area (Å²) < 4.78 is 5.57. The van der Waals surface area contributed by atoms with Crippen molar-refractivity contribution in [2.75, 3.05) is 33.7 Å². The molecule has 0 radical (unpaired) electrons. The maximum atomic E-state index is 12.4. The molecule has 1 aromatic rings. The third-order valence-corrected chi connectivity index (χ3v) is 5.79. The van der Waals surface area contributed by atoms with Gasteiger partial charge in [0.25, 0.3) is 0 Å². The van der Waals surface area contributed by atoms with Gasteiger partial charge in [-0.05, 0) is 33.9 Å². The van der Waals surface area contributed by atoms with Gasteiger partial charge in [0.1, 0.15) is 6.10 Å². The van der Waals surface area contributed by atoms with Crippen molar-refractivity contribution in [1.29, 1.82) is 0 Å². The van der Waals surface area contributed by atoms with Crippen molar-refractivity contribution in [1.82, 2.24) is 14.8 Å². The van der Waals surface area contributed by atoms with Crippen LogP contribution in [-0.2, 0) is 20.7 Å². The number of nitrogens with zero attached hydrogens (tertiary/aromatic N) is 3. The Bertz CT molecular complexity index is 620. The van der Waals surface area contributed by atoms with Crippen molar-refractivity contribution in [3.8, 4) is 0 Å². The molecule has 6 nitrogen and oxygen atoms in total. The number of aryl methyl sites for hydroxylation is 1. The van der Waals surface area contributed by atoms with Crippen molar-refractivity contribution in [3.05, 3.63) is 16.1 Å². The van der Waals surface area contributed by atoms with E-state index in [0.29, 0.717) is 32.4 Å². The van der Waals surface area contributed by atoms with Crippen LogP contribution in [0.2, 0.25) is 0 Å². The molecule has 7 heteroatoms. The van der Waals surface area contributed by atoms with E-state index in [-0.39, 0.29) is 23.4 Å². The second-order valence-corrected chi connectivity index (χ2v) is 8.25. The lowest BCUT2D eigenvalue weighted by atomic mass is 9.76. The van der Waals surface area contributed by atoms with Crippen LogP contribution in [0.25, 0.3) is 0 Å². The summed E-state index contributed by atoms with van der Waals surface area (Å²) in [5.74, 6) is 0.0305. The van der Waals surface area contributed by atoms with Crippen LogP contribution in [0, 0.1) is 12.3 Å². The van der Waals surface area contributed by atoms with E-state index in [1.807, 2.05) is 36.2 Å². The molecule has 1 spiro atoms. The topological polar surface area (TPSA) is 62.7 Å². The Morgan fingerprint density at radius 1 is 1.46 bits per heavy atom. The highest BCUT2D eigenvalue weighted by Gasteiger charge is 2.50. The fourth-order valence-corrected chi connectivity index (χ4v) is 4.31. The minimum atomic E-state index is -0.380. The van der Waals surface area contributed by atoms with Gasteiger partial charge in [0.15, 0.2) is 0 Å². The summed E-state index contributed by atoms with van der Waals surface area (Å²) in [6.45, 7) is 3.97. The number of hydrogen-bond donors (Lipinski definition) is 0. The minimum absolute atomic E-state index is 0.0206. The number of hydrogen-bond acceptors (Lipinski definition) is 6. The van der Waals surface area contributed by atoms with Gasteiger partial charge in [-0.25, -0.2) is 4.98 Å². The van der Waals surface area contributed by atoms with Crippen LogP contribution in [0.5, 0.6) is 0 Å². The Hall–Kier alpha value is -1.47. The van der Waals surface area contributed by atoms with Gasteiger partial charge in [-0.1, -0.05) is 0 Å². The van der Waals surface area contributed by atoms with E-state index in [1.165, 1.54) is 0 Å². The van der Waals surface area contributed by atoms with E-state index in [4.69, 9.17) is 4.74 Å². The molecular weight excluding hydrogens is 326 g/mol. The molecule has 2 aliphatic heterocycles. The lowest BCUT2D eigenvalue weighted by Crippen LogP contribution is -2.45. The maximum absolute atomic E-state index is 12.4. The van der Waals surface area contributed by atoms with E-state index in [1.54, 1.807) is 11.3 Å². The Morgan fingerprint density at radius 3 is 2.75 bits per heavy atom. The summed E-state index contributed by atoms with van der Waals surface area (Å²) >= 11 is 1.57. The predicted molar refractivity (Wildman–Crippen MR) is 91.9 cm³/mol. The highest BCUT2D eigenvalue weighted by molar-refractivity contribution is 7.09. The van der Waals surface area contributed by atoms with Gasteiger partial charge in [-0.2, -0.15) is 0 Å². The van der Waals surface area contributed by atoms with Crippen molar-refractivity contribution in [2.24, 2.45) is 5.41 Å². The quantitative estimate of drug-likeness (QED) is 0.769. The fraction of sp³-hybridized carbons (Fsp3) is 0.706. The molecule has 3 heterocycles. The first-order chi connectivity index (χ1) is 11.4. The third-order valence-electron chi connectivity index (χ3n) is 4.97. The van der Waals surface area contributed by atoms with Crippen LogP contribution < -0.4 is 0 Å². The Kier molecular flexibility index (Phi) is 4.92. The van der Waals surface area contributed by atoms with E-state index < -0.39 is 0 Å². The lowest BCUT2D eigenvalue weighted by Gasteiger charge is -2.36. The normalized spacial score (nSPS) is 23.1. The number of amides is 1. The smallest absolute Gasteiger partial charge is 0.312 e. The molecule has 1 unspecified atom stereocenters. The van der Waals surface area contributed by atoms with Crippen LogP contribution in [0.15, 0.2) is 5.38 Å². The number of ether oxygens (including phenoxy) is 1. The number of piperidine rings is 1. The van der Waals surface area contributed by atoms with E-state index in [9.17, 15) is 9.59 Å². The fourth-order valence-electron chi connectivity index (χ4n) is 3.69. The summed E-state index contributed by atoms with van der Waals surface area (Å²) in [7, 11) is 3.97. The van der Waals surface area contributed by atoms with Gasteiger partial charge in [0, 0.05) is 31.4 Å². The standard InChI is InChI=1S/C17H25N3O3S/c1-12-18-13(11-24-12)8-15(21)20-6-4-17(5-7-20)9-14(10-19(2)3)23-16(17)22/h11,14H,4-10H2,1-3H3. The predicted octanol–water partition coefficient (Wildman–Crippen LogP) is 1.48. The molecule has 0 saturated carbocycles. The largest absolute Gasteiger partial charge is 0.461 e. The van der Waals surface area contributed by atoms with Crippen molar-refractivity contribution >= 4 is 23.2 Å². The average Bonchev–Trinajstić information content (AvgIpc) is 3.03. The van der Waals surface area contributed by atoms with Gasteiger partial charge in [0.05, 0.1) is 22.5 Å². The number of cyclic esters (lactones) is 1. The minimum Gasteiger partial charge on any atom is -0.461 e. The average molecular weight is 351 g/mol. The second kappa shape index (κ2) is 6.80. The number of likely N-dealkylation sites (tertiary alicyclic amines) is 1. The van der Waals surface area contributed by atoms with E-state index in [2.05, 4.69) is 4.98 Å². The molecule has 1 aromatic heterocycles. The lowest BCUT2D eigenvalue weighted by molar-refractivity contribution is -0.152. The summed E-state index contributed by atoms with van der Waals surface area (Å²) in [5.41, 5.74) is 0.461. The molecule has 0 N–H and O–H groups in total. The van der Waals surface area contributed by atoms with Gasteiger partial charge < -0.3 is 14.5 Å². The van der Waals surface area contributed by atoms with Crippen LogP contribution >= 0.6 is 11.3 Å². The Morgan fingerprint density at radius 2 is 2.17 bits per heavy atom. The molecule has 0 aliphatic carbocycles. The summed E-state index contributed by atoms with van der Waals surface area (Å²) in [4.78, 5) is 33.1. The highest BCUT2D eigenvalue weighted by Crippen LogP contribution is 2.43. The van der Waals surface area contributed by atoms with Crippen LogP contribution in [0.3, 0.4) is 0 Å². The maximum Gasteiger partial charge on any atom is 0.312 e. The molecule has 1 amide bonds. The zero-order valence-electron chi connectivity index (χ0n) is 14.6. The zero-order chi connectivity index (χ0) is 17.3. The SMILES string of the molecule is Cc1nc(CC(=O)N2CCC3(CC2)CC(CN(C)C)OC3=O)cs1. The van der Waals surface area contributed by atoms with Crippen LogP contribution in [-0.4, -0.2) is 66.5 Å². The van der Waals surface area contributed by atoms with Gasteiger partial charge >= 0.3 is 5.97 Å². The van der Waals surface area contributed by atoms with Crippen molar-refractivity contribution < 1.29 is 14.3 Å². The number of carbonyl (C=O) groups excluding carboxylic acids is 2. The van der Waals surface area contributed by atoms with Gasteiger partial charge in [-0.15, -0.1) is 11.3 Å². The molecule has 2 saturated heterocycles. The van der Waals surface area contributed by atoms with Crippen molar-refractivity contribution in [2.45, 2.75) is 38.7 Å². The third kappa shape index (κ3) is 3.62. The molecule has 132 valence electrons. The molecule has 2 fully saturated rings. The number of thiazole rings is 1. The van der Waals surface area contributed by atoms with Gasteiger partial charge in [0.2, 0.25) is 5.91 Å². The molecule has 0 aromatic carbocycles. The molecule has 0 bridgehead atoms. The Labute approximate surface area is 146 Å². The van der Waals surface area contributed by atoms with Crippen LogP contribution in [0.1, 0.15) is 30.0 Å². The summed E-state index contributed by atoms with van der Waals surface area (Å²) in [5, 5.41) is 2.93. The first-order valence-electron chi connectivity index (χ1n) is 8.42. The van der Waals surface area contributed by atoms with Crippen LogP contribution in [0.4, 0.5) is 0 Å². The molecule has 3 rings (SSSR count). The monoisotopic (exact) mass is 351 g/mol. The number of esters is 1. The number of aromatic nitrogens is 1. The van der Waals surface area contributed by atoms with Gasteiger partial charge in [-0.3, -0.25) is 9.59 Å². The molecule has 1 atom stereocenters. The number of rotatable bonds is 4. The van der Waals surface area contributed by atoms with E-state index >= 15 is 0 Å². The molecular formula is C17H25N3O3S. The molecule has 24 heavy (non-hydrogen) atoms. The molecule has 2 aliphatic rings. The zero-order valence-corrected chi connectivity index (χ0v) is 15.4. The summed E-state index contributed by atoms with van der Waals surface area (Å²) in [6, 6.07) is 0. The first-order valence-corrected chi connectivity index (χ1v) is 9.30. The Balaban J connectivity index is 1.55. The number of carbonyl (C=O) groups is 2. The highest BCUT2D eigenvalue weighted by atomic mass is 32.1. The summed E-state index contributed by atoms with van der Waals surface area (Å²) in [6.07, 6.45) is 2.52. The number of likely N-dealkylation sites (N-methyl/N-ethyl adjacent to an activating group) is 1. The van der Waals surface area contributed by atoms with Crippen molar-refractivity contribution in [3.63, 3.8) is 0 Å². The second-order valence-electron chi connectivity index (χ2n) is 7.19. The first kappa shape index (κ1) is 17.4. The van der Waals surface area contributed by atoms with E-state index in [0.717, 1.165) is 23.7 Å².